The Bertz CT molecular complexity index is 712. The maximum Gasteiger partial charge on any atom is 0.0145 e. The quantitative estimate of drug-likeness (QED) is 0.144. The normalized spacial score (nSPS) is 12.9. The summed E-state index contributed by atoms with van der Waals surface area (Å²) in [6.45, 7) is 18.8. The van der Waals surface area contributed by atoms with Crippen LogP contribution < -0.4 is 0 Å². The molecular weight excluding hydrogens is 448 g/mol. The van der Waals surface area contributed by atoms with Gasteiger partial charge in [0, 0.05) is 9.79 Å². The molecule has 1 aromatic carbocycles. The fraction of sp³-hybridized carbons (Fsp3) is 0.750. The van der Waals surface area contributed by atoms with Gasteiger partial charge >= 0.3 is 0 Å². The van der Waals surface area contributed by atoms with E-state index < -0.39 is 0 Å². The predicted molar refractivity (Wildman–Crippen MR) is 162 cm³/mol. The molecule has 0 nitrogen and oxygen atoms in total. The summed E-state index contributed by atoms with van der Waals surface area (Å²) in [6.07, 6.45) is 22.3. The largest absolute Gasteiger partial charge is 0.129 e. The summed E-state index contributed by atoms with van der Waals surface area (Å²) in [5, 5.41) is 0. The van der Waals surface area contributed by atoms with E-state index in [0.717, 1.165) is 0 Å². The summed E-state index contributed by atoms with van der Waals surface area (Å²) < 4.78 is 0. The molecule has 0 bridgehead atoms. The molecule has 0 saturated heterocycles. The van der Waals surface area contributed by atoms with Crippen molar-refractivity contribution < 1.29 is 0 Å². The predicted octanol–water partition coefficient (Wildman–Crippen LogP) is 11.8. The van der Waals surface area contributed by atoms with Gasteiger partial charge in [0.25, 0.3) is 0 Å². The Morgan fingerprint density at radius 3 is 1.85 bits per heavy atom. The average Bonchev–Trinajstić information content (AvgIpc) is 2.80. The first kappa shape index (κ1) is 31.7. The molecule has 0 fully saturated rings. The zero-order valence-corrected chi connectivity index (χ0v) is 25.8. The van der Waals surface area contributed by atoms with Gasteiger partial charge in [0.05, 0.1) is 0 Å². The Morgan fingerprint density at radius 2 is 1.35 bits per heavy atom. The van der Waals surface area contributed by atoms with Crippen molar-refractivity contribution in [3.05, 3.63) is 29.3 Å². The molecule has 0 aliphatic carbocycles. The smallest absolute Gasteiger partial charge is 0.0145 e. The van der Waals surface area contributed by atoms with Gasteiger partial charge in [0.2, 0.25) is 0 Å². The lowest BCUT2D eigenvalue weighted by Gasteiger charge is -2.28. The third-order valence-electron chi connectivity index (χ3n) is 7.88. The van der Waals surface area contributed by atoms with Gasteiger partial charge in [-0.05, 0) is 64.9 Å². The number of unbranched alkanes of at least 4 members (excludes halogenated alkanes) is 9. The molecule has 0 spiro atoms. The van der Waals surface area contributed by atoms with Gasteiger partial charge in [-0.3, -0.25) is 0 Å². The number of rotatable bonds is 18. The van der Waals surface area contributed by atoms with Crippen LogP contribution in [-0.2, 0) is 5.41 Å². The fourth-order valence-electron chi connectivity index (χ4n) is 3.99. The van der Waals surface area contributed by atoms with Crippen molar-refractivity contribution in [2.24, 2.45) is 11.3 Å². The zero-order valence-electron chi connectivity index (χ0n) is 24.2. The minimum atomic E-state index is 0.209. The van der Waals surface area contributed by atoms with Gasteiger partial charge in [-0.2, -0.15) is 0 Å². The van der Waals surface area contributed by atoms with E-state index in [1.165, 1.54) is 97.3 Å². The highest BCUT2D eigenvalue weighted by molar-refractivity contribution is 7.99. The van der Waals surface area contributed by atoms with Gasteiger partial charge in [0.1, 0.15) is 0 Å². The van der Waals surface area contributed by atoms with E-state index in [-0.39, 0.29) is 10.8 Å². The lowest BCUT2D eigenvalue weighted by Crippen LogP contribution is -2.17. The van der Waals surface area contributed by atoms with Gasteiger partial charge in [-0.1, -0.05) is 125 Å². The van der Waals surface area contributed by atoms with E-state index in [4.69, 9.17) is 0 Å². The number of allylic oxidation sites excluding steroid dienone is 1. The molecule has 0 aliphatic rings. The summed E-state index contributed by atoms with van der Waals surface area (Å²) in [5.41, 5.74) is 3.35. The van der Waals surface area contributed by atoms with E-state index in [1.54, 1.807) is 0 Å². The van der Waals surface area contributed by atoms with Crippen molar-refractivity contribution in [3.63, 3.8) is 0 Å². The van der Waals surface area contributed by atoms with Crippen LogP contribution in [0.2, 0.25) is 0 Å². The molecule has 2 heteroatoms. The van der Waals surface area contributed by atoms with Crippen molar-refractivity contribution in [1.29, 1.82) is 0 Å². The monoisotopic (exact) mass is 504 g/mol. The first-order chi connectivity index (χ1) is 16.1. The maximum absolute atomic E-state index is 2.50. The number of thioether (sulfide) groups is 2. The van der Waals surface area contributed by atoms with Crippen molar-refractivity contribution in [2.75, 3.05) is 12.0 Å². The van der Waals surface area contributed by atoms with Crippen LogP contribution in [0, 0.1) is 11.3 Å². The molecule has 0 N–H and O–H groups in total. The second-order valence-corrected chi connectivity index (χ2v) is 13.7. The lowest BCUT2D eigenvalue weighted by molar-refractivity contribution is 0.335. The molecule has 1 aromatic rings. The summed E-state index contributed by atoms with van der Waals surface area (Å²) in [6, 6.07) is 4.99. The van der Waals surface area contributed by atoms with E-state index in [2.05, 4.69) is 97.7 Å². The Labute approximate surface area is 222 Å². The van der Waals surface area contributed by atoms with Crippen molar-refractivity contribution in [2.45, 2.75) is 141 Å². The van der Waals surface area contributed by atoms with Gasteiger partial charge in [-0.15, -0.1) is 23.5 Å². The first-order valence-electron chi connectivity index (χ1n) is 14.1. The average molecular weight is 505 g/mol. The van der Waals surface area contributed by atoms with Crippen LogP contribution in [0.3, 0.4) is 0 Å². The lowest BCUT2D eigenvalue weighted by atomic mass is 9.80. The molecule has 0 aromatic heterocycles. The second kappa shape index (κ2) is 16.4. The molecule has 0 atom stereocenters. The minimum absolute atomic E-state index is 0.209. The maximum atomic E-state index is 2.50. The van der Waals surface area contributed by atoms with Crippen LogP contribution in [0.15, 0.2) is 28.0 Å². The molecule has 0 saturated carbocycles. The second-order valence-electron chi connectivity index (χ2n) is 11.7. The van der Waals surface area contributed by atoms with Crippen LogP contribution in [0.5, 0.6) is 0 Å². The Kier molecular flexibility index (Phi) is 15.3. The highest BCUT2D eigenvalue weighted by Crippen LogP contribution is 2.40. The molecular formula is C32H56S2. The Hall–Kier alpha value is -0.340. The van der Waals surface area contributed by atoms with Crippen LogP contribution in [-0.4, -0.2) is 12.0 Å². The Morgan fingerprint density at radius 1 is 0.794 bits per heavy atom. The van der Waals surface area contributed by atoms with Gasteiger partial charge < -0.3 is 0 Å². The van der Waals surface area contributed by atoms with Crippen molar-refractivity contribution in [1.82, 2.24) is 0 Å². The molecule has 196 valence electrons. The highest BCUT2D eigenvalue weighted by Gasteiger charge is 2.24. The molecule has 0 amide bonds. The SMILES string of the molecule is CCCCCCCCCCCCSc1cc(/C=C/C(C)(C)C(C)C)c(SC)cc1C(C)(C)CC. The first-order valence-corrected chi connectivity index (χ1v) is 16.3. The standard InChI is InChI=1S/C32H56S2/c1-10-12-13-14-15-16-17-18-19-20-23-34-30-24-27(21-22-32(7,8)26(3)4)29(33-9)25-28(30)31(5,6)11-2/h21-22,24-26H,10-20,23H2,1-9H3/b22-21+. The fourth-order valence-corrected chi connectivity index (χ4v) is 5.86. The van der Waals surface area contributed by atoms with E-state index in [9.17, 15) is 0 Å². The van der Waals surface area contributed by atoms with Gasteiger partial charge in [0.15, 0.2) is 0 Å². The molecule has 0 heterocycles. The Balaban J connectivity index is 2.80. The molecule has 0 unspecified atom stereocenters. The van der Waals surface area contributed by atoms with Crippen molar-refractivity contribution >= 4 is 29.6 Å². The van der Waals surface area contributed by atoms with Crippen LogP contribution >= 0.6 is 23.5 Å². The molecule has 1 rings (SSSR count). The molecule has 34 heavy (non-hydrogen) atoms. The summed E-state index contributed by atoms with van der Waals surface area (Å²) in [4.78, 5) is 2.91. The summed E-state index contributed by atoms with van der Waals surface area (Å²) in [7, 11) is 0. The van der Waals surface area contributed by atoms with Crippen LogP contribution in [0.1, 0.15) is 137 Å². The third-order valence-corrected chi connectivity index (χ3v) is 9.82. The minimum Gasteiger partial charge on any atom is -0.129 e. The summed E-state index contributed by atoms with van der Waals surface area (Å²) in [5.74, 6) is 1.87. The van der Waals surface area contributed by atoms with Crippen LogP contribution in [0.25, 0.3) is 6.08 Å². The van der Waals surface area contributed by atoms with Gasteiger partial charge in [-0.25, -0.2) is 0 Å². The summed E-state index contributed by atoms with van der Waals surface area (Å²) >= 11 is 3.99. The third kappa shape index (κ3) is 11.2. The molecule has 0 aliphatic heterocycles. The topological polar surface area (TPSA) is 0 Å². The number of benzene rings is 1. The van der Waals surface area contributed by atoms with Crippen LogP contribution in [0.4, 0.5) is 0 Å². The zero-order chi connectivity index (χ0) is 25.6. The highest BCUT2D eigenvalue weighted by atomic mass is 32.2. The molecule has 0 radical (unpaired) electrons. The van der Waals surface area contributed by atoms with E-state index >= 15 is 0 Å². The van der Waals surface area contributed by atoms with E-state index in [0.29, 0.717) is 5.92 Å². The van der Waals surface area contributed by atoms with Crippen molar-refractivity contribution in [3.8, 4) is 0 Å². The van der Waals surface area contributed by atoms with E-state index in [1.807, 2.05) is 11.8 Å². The number of hydrogen-bond donors (Lipinski definition) is 0. The number of hydrogen-bond acceptors (Lipinski definition) is 2.